The molecule has 1 aliphatic carbocycles. The summed E-state index contributed by atoms with van der Waals surface area (Å²) in [6.07, 6.45) is 1.99. The van der Waals surface area contributed by atoms with Gasteiger partial charge in [-0.1, -0.05) is 26.0 Å². The van der Waals surface area contributed by atoms with Crippen molar-refractivity contribution < 1.29 is 0 Å². The molecular formula is C23H25N5. The molecule has 4 heterocycles. The first-order chi connectivity index (χ1) is 13.6. The molecule has 1 N–H and O–H groups in total. The van der Waals surface area contributed by atoms with Gasteiger partial charge in [-0.05, 0) is 53.4 Å². The first kappa shape index (κ1) is 16.4. The zero-order valence-electron chi connectivity index (χ0n) is 16.5. The number of hydrogen-bond acceptors (Lipinski definition) is 4. The van der Waals surface area contributed by atoms with Crippen molar-refractivity contribution >= 4 is 22.5 Å². The molecule has 3 aliphatic rings. The van der Waals surface area contributed by atoms with Crippen LogP contribution in [-0.2, 0) is 12.8 Å². The van der Waals surface area contributed by atoms with E-state index in [9.17, 15) is 5.26 Å². The number of nitrogens with one attached hydrogen (secondary N) is 1. The van der Waals surface area contributed by atoms with E-state index < -0.39 is 0 Å². The summed E-state index contributed by atoms with van der Waals surface area (Å²) in [5.74, 6) is 2.76. The maximum absolute atomic E-state index is 10.1. The van der Waals surface area contributed by atoms with Crippen molar-refractivity contribution in [3.63, 3.8) is 0 Å². The zero-order chi connectivity index (χ0) is 19.0. The molecular weight excluding hydrogens is 346 g/mol. The summed E-state index contributed by atoms with van der Waals surface area (Å²) < 4.78 is 2.29. The largest absolute Gasteiger partial charge is 0.357 e. The minimum atomic E-state index is 0.189. The molecule has 0 saturated carbocycles. The Bertz CT molecular complexity index is 1150. The summed E-state index contributed by atoms with van der Waals surface area (Å²) >= 11 is 0. The van der Waals surface area contributed by atoms with Gasteiger partial charge in [-0.3, -0.25) is 4.40 Å². The van der Waals surface area contributed by atoms with Crippen molar-refractivity contribution in [2.45, 2.75) is 26.7 Å². The normalized spacial score (nSPS) is 25.4. The summed E-state index contributed by atoms with van der Waals surface area (Å²) in [6, 6.07) is 10.8. The molecule has 0 spiro atoms. The Kier molecular flexibility index (Phi) is 3.21. The molecule has 5 heteroatoms. The Balaban J connectivity index is 1.69. The van der Waals surface area contributed by atoms with Gasteiger partial charge >= 0.3 is 0 Å². The van der Waals surface area contributed by atoms with Crippen LogP contribution in [0.5, 0.6) is 0 Å². The number of para-hydroxylation sites is 2. The van der Waals surface area contributed by atoms with Crippen molar-refractivity contribution in [3.05, 3.63) is 41.0 Å². The fraction of sp³-hybridized carbons (Fsp3) is 0.478. The second kappa shape index (κ2) is 5.48. The Hall–Kier alpha value is -2.58. The third-order valence-electron chi connectivity index (χ3n) is 7.04. The van der Waals surface area contributed by atoms with E-state index in [0.717, 1.165) is 73.1 Å². The molecule has 2 fully saturated rings. The lowest BCUT2D eigenvalue weighted by Crippen LogP contribution is -2.28. The fourth-order valence-corrected chi connectivity index (χ4v) is 5.84. The number of rotatable bonds is 1. The fourth-order valence-electron chi connectivity index (χ4n) is 5.84. The SMILES string of the molecule is CC1(C)Cc2c(c(N3CC4CNC[C@@H]4C3)n3c(nc4ccccc43)c2C#N)C1. The quantitative estimate of drug-likeness (QED) is 0.714. The van der Waals surface area contributed by atoms with Gasteiger partial charge in [0.05, 0.1) is 16.6 Å². The minimum absolute atomic E-state index is 0.189. The minimum Gasteiger partial charge on any atom is -0.357 e. The number of imidazole rings is 1. The first-order valence-corrected chi connectivity index (χ1v) is 10.4. The lowest BCUT2D eigenvalue weighted by molar-refractivity contribution is 0.392. The third kappa shape index (κ3) is 2.13. The predicted octanol–water partition coefficient (Wildman–Crippen LogP) is 3.14. The van der Waals surface area contributed by atoms with Crippen LogP contribution >= 0.6 is 0 Å². The molecule has 1 unspecified atom stereocenters. The van der Waals surface area contributed by atoms with E-state index in [1.54, 1.807) is 0 Å². The maximum Gasteiger partial charge on any atom is 0.157 e. The zero-order valence-corrected chi connectivity index (χ0v) is 16.5. The second-order valence-corrected chi connectivity index (χ2v) is 9.63. The summed E-state index contributed by atoms with van der Waals surface area (Å²) in [4.78, 5) is 7.51. The highest BCUT2D eigenvalue weighted by Crippen LogP contribution is 2.46. The van der Waals surface area contributed by atoms with Crippen LogP contribution in [0.25, 0.3) is 16.7 Å². The van der Waals surface area contributed by atoms with Crippen LogP contribution in [0.4, 0.5) is 5.82 Å². The first-order valence-electron chi connectivity index (χ1n) is 10.4. The Morgan fingerprint density at radius 3 is 2.57 bits per heavy atom. The van der Waals surface area contributed by atoms with Crippen molar-refractivity contribution in [2.75, 3.05) is 31.1 Å². The molecule has 6 rings (SSSR count). The number of nitriles is 1. The summed E-state index contributed by atoms with van der Waals surface area (Å²) in [6.45, 7) is 9.08. The van der Waals surface area contributed by atoms with Crippen LogP contribution in [0.2, 0.25) is 0 Å². The van der Waals surface area contributed by atoms with E-state index in [4.69, 9.17) is 4.98 Å². The molecule has 2 aliphatic heterocycles. The van der Waals surface area contributed by atoms with Gasteiger partial charge in [-0.25, -0.2) is 4.98 Å². The number of anilines is 1. The second-order valence-electron chi connectivity index (χ2n) is 9.63. The number of pyridine rings is 1. The topological polar surface area (TPSA) is 56.4 Å². The molecule has 0 bridgehead atoms. The molecule has 1 aromatic carbocycles. The summed E-state index contributed by atoms with van der Waals surface area (Å²) in [5.41, 5.74) is 6.52. The smallest absolute Gasteiger partial charge is 0.157 e. The molecule has 2 atom stereocenters. The molecule has 0 radical (unpaired) electrons. The number of aromatic nitrogens is 2. The third-order valence-corrected chi connectivity index (χ3v) is 7.04. The lowest BCUT2D eigenvalue weighted by Gasteiger charge is -2.25. The predicted molar refractivity (Wildman–Crippen MR) is 111 cm³/mol. The van der Waals surface area contributed by atoms with E-state index in [-0.39, 0.29) is 5.41 Å². The molecule has 5 nitrogen and oxygen atoms in total. The molecule has 142 valence electrons. The Labute approximate surface area is 165 Å². The van der Waals surface area contributed by atoms with Gasteiger partial charge in [0.15, 0.2) is 5.65 Å². The average molecular weight is 371 g/mol. The van der Waals surface area contributed by atoms with Crippen molar-refractivity contribution in [2.24, 2.45) is 17.3 Å². The van der Waals surface area contributed by atoms with Gasteiger partial charge in [0.2, 0.25) is 0 Å². The molecule has 28 heavy (non-hydrogen) atoms. The van der Waals surface area contributed by atoms with Crippen LogP contribution in [0.1, 0.15) is 30.5 Å². The van der Waals surface area contributed by atoms with Gasteiger partial charge in [0.25, 0.3) is 0 Å². The number of benzene rings is 1. The average Bonchev–Trinajstić information content (AvgIpc) is 3.39. The van der Waals surface area contributed by atoms with E-state index in [2.05, 4.69) is 52.7 Å². The molecule has 0 amide bonds. The van der Waals surface area contributed by atoms with Crippen LogP contribution < -0.4 is 10.2 Å². The van der Waals surface area contributed by atoms with E-state index in [0.29, 0.717) is 0 Å². The van der Waals surface area contributed by atoms with Gasteiger partial charge in [0, 0.05) is 26.2 Å². The van der Waals surface area contributed by atoms with E-state index in [1.807, 2.05) is 6.07 Å². The van der Waals surface area contributed by atoms with Crippen molar-refractivity contribution in [3.8, 4) is 6.07 Å². The standard InChI is InChI=1S/C23H25N5/c1-23(2)7-16-17(8-23)22(27-12-14-10-25-11-15(14)13-27)28-20-6-4-3-5-19(20)26-21(28)18(16)9-24/h3-6,14-15,25H,7-8,10-13H2,1-2H3/t14-,15?/m1/s1. The van der Waals surface area contributed by atoms with E-state index in [1.165, 1.54) is 16.9 Å². The Morgan fingerprint density at radius 2 is 1.82 bits per heavy atom. The van der Waals surface area contributed by atoms with Crippen LogP contribution in [-0.4, -0.2) is 35.6 Å². The van der Waals surface area contributed by atoms with Gasteiger partial charge in [-0.15, -0.1) is 0 Å². The van der Waals surface area contributed by atoms with Crippen LogP contribution in [0, 0.1) is 28.6 Å². The maximum atomic E-state index is 10.1. The van der Waals surface area contributed by atoms with Gasteiger partial charge < -0.3 is 10.2 Å². The lowest BCUT2D eigenvalue weighted by atomic mass is 9.90. The van der Waals surface area contributed by atoms with Crippen LogP contribution in [0.15, 0.2) is 24.3 Å². The highest BCUT2D eigenvalue weighted by atomic mass is 15.3. The molecule has 3 aromatic rings. The van der Waals surface area contributed by atoms with Crippen molar-refractivity contribution in [1.82, 2.24) is 14.7 Å². The number of nitrogens with zero attached hydrogens (tertiary/aromatic N) is 4. The van der Waals surface area contributed by atoms with Crippen LogP contribution in [0.3, 0.4) is 0 Å². The Morgan fingerprint density at radius 1 is 1.11 bits per heavy atom. The highest BCUT2D eigenvalue weighted by Gasteiger charge is 2.41. The van der Waals surface area contributed by atoms with Crippen molar-refractivity contribution in [1.29, 1.82) is 5.26 Å². The highest BCUT2D eigenvalue weighted by molar-refractivity contribution is 5.87. The molecule has 2 aromatic heterocycles. The molecule has 2 saturated heterocycles. The van der Waals surface area contributed by atoms with E-state index >= 15 is 0 Å². The number of fused-ring (bicyclic) bond motifs is 5. The summed E-state index contributed by atoms with van der Waals surface area (Å²) in [7, 11) is 0. The monoisotopic (exact) mass is 371 g/mol. The van der Waals surface area contributed by atoms with Gasteiger partial charge in [0.1, 0.15) is 11.9 Å². The summed E-state index contributed by atoms with van der Waals surface area (Å²) in [5, 5.41) is 13.6. The number of hydrogen-bond donors (Lipinski definition) is 1. The van der Waals surface area contributed by atoms with Gasteiger partial charge in [-0.2, -0.15) is 5.26 Å².